The van der Waals surface area contributed by atoms with Crippen LogP contribution in [0.1, 0.15) is 17.9 Å². The third-order valence-electron chi connectivity index (χ3n) is 4.86. The van der Waals surface area contributed by atoms with Crippen molar-refractivity contribution in [3.63, 3.8) is 0 Å². The van der Waals surface area contributed by atoms with E-state index in [9.17, 15) is 13.2 Å². The number of halogens is 1. The standard InChI is InChI=1S/C18H27N5O3S2.HI/c1-19-18(20-6-11-28(25,26)23-7-9-27-10-8-23)21-13-14-12-17(24)22-16-5-3-2-4-15(14)16;/h2-5,14H,6-13H2,1H3,(H,22,24)(H2,19,20,21);1H. The van der Waals surface area contributed by atoms with E-state index in [0.29, 0.717) is 32.0 Å². The fraction of sp³-hybridized carbons (Fsp3) is 0.556. The lowest BCUT2D eigenvalue weighted by Gasteiger charge is -2.27. The number of hydrogen-bond acceptors (Lipinski definition) is 5. The van der Waals surface area contributed by atoms with Crippen molar-refractivity contribution in [1.29, 1.82) is 0 Å². The van der Waals surface area contributed by atoms with Crippen LogP contribution in [0.15, 0.2) is 29.3 Å². The summed E-state index contributed by atoms with van der Waals surface area (Å²) >= 11 is 1.78. The normalized spacial score (nSPS) is 20.2. The Kier molecular flexibility index (Phi) is 9.50. The van der Waals surface area contributed by atoms with Crippen LogP contribution in [0, 0.1) is 0 Å². The van der Waals surface area contributed by atoms with Crippen molar-refractivity contribution in [2.45, 2.75) is 12.3 Å². The van der Waals surface area contributed by atoms with Crippen molar-refractivity contribution >= 4 is 63.3 Å². The largest absolute Gasteiger partial charge is 0.356 e. The van der Waals surface area contributed by atoms with Gasteiger partial charge in [0, 0.05) is 62.8 Å². The summed E-state index contributed by atoms with van der Waals surface area (Å²) < 4.78 is 26.4. The Morgan fingerprint density at radius 1 is 1.28 bits per heavy atom. The Morgan fingerprint density at radius 2 is 2.00 bits per heavy atom. The number of carbonyl (C=O) groups excluding carboxylic acids is 1. The van der Waals surface area contributed by atoms with Gasteiger partial charge in [0.2, 0.25) is 15.9 Å². The summed E-state index contributed by atoms with van der Waals surface area (Å²) in [6.45, 7) is 2.00. The van der Waals surface area contributed by atoms with Gasteiger partial charge in [0.05, 0.1) is 5.75 Å². The Labute approximate surface area is 193 Å². The molecule has 29 heavy (non-hydrogen) atoms. The average molecular weight is 553 g/mol. The molecule has 1 fully saturated rings. The topological polar surface area (TPSA) is 103 Å². The third-order valence-corrected chi connectivity index (χ3v) is 7.68. The van der Waals surface area contributed by atoms with Crippen molar-refractivity contribution in [1.82, 2.24) is 14.9 Å². The van der Waals surface area contributed by atoms with Gasteiger partial charge in [-0.1, -0.05) is 18.2 Å². The van der Waals surface area contributed by atoms with Crippen LogP contribution in [0.25, 0.3) is 0 Å². The molecule has 0 radical (unpaired) electrons. The highest BCUT2D eigenvalue weighted by Gasteiger charge is 2.25. The maximum atomic E-state index is 12.4. The van der Waals surface area contributed by atoms with E-state index in [2.05, 4.69) is 20.9 Å². The summed E-state index contributed by atoms with van der Waals surface area (Å²) in [5.74, 6) is 2.32. The minimum atomic E-state index is -3.25. The molecular formula is C18H28IN5O3S2. The Bertz CT molecular complexity index is 829. The van der Waals surface area contributed by atoms with Crippen LogP contribution in [0.2, 0.25) is 0 Å². The number of sulfonamides is 1. The number of amides is 1. The molecule has 1 aromatic rings. The molecule has 1 saturated heterocycles. The van der Waals surface area contributed by atoms with Crippen LogP contribution in [0.5, 0.6) is 0 Å². The van der Waals surface area contributed by atoms with Crippen molar-refractivity contribution in [2.75, 3.05) is 55.8 Å². The Balaban J connectivity index is 0.00000300. The number of hydrogen-bond donors (Lipinski definition) is 3. The lowest BCUT2D eigenvalue weighted by molar-refractivity contribution is -0.116. The molecule has 0 aliphatic carbocycles. The molecule has 3 rings (SSSR count). The number of rotatable bonds is 6. The molecule has 0 spiro atoms. The van der Waals surface area contributed by atoms with Gasteiger partial charge in [-0.15, -0.1) is 24.0 Å². The summed E-state index contributed by atoms with van der Waals surface area (Å²) in [6.07, 6.45) is 0.405. The average Bonchev–Trinajstić information content (AvgIpc) is 2.70. The number of guanidine groups is 1. The number of nitrogens with zero attached hydrogens (tertiary/aromatic N) is 2. The number of para-hydroxylation sites is 1. The van der Waals surface area contributed by atoms with E-state index in [-0.39, 0.29) is 48.1 Å². The number of nitrogens with one attached hydrogen (secondary N) is 3. The highest BCUT2D eigenvalue weighted by Crippen LogP contribution is 2.31. The lowest BCUT2D eigenvalue weighted by Crippen LogP contribution is -2.45. The first-order valence-corrected chi connectivity index (χ1v) is 12.1. The van der Waals surface area contributed by atoms with Crippen LogP contribution in [0.4, 0.5) is 5.69 Å². The molecule has 1 amide bonds. The van der Waals surface area contributed by atoms with Crippen molar-refractivity contribution in [2.24, 2.45) is 4.99 Å². The predicted molar refractivity (Wildman–Crippen MR) is 130 cm³/mol. The van der Waals surface area contributed by atoms with Gasteiger partial charge in [-0.2, -0.15) is 11.8 Å². The highest BCUT2D eigenvalue weighted by molar-refractivity contribution is 14.0. The fourth-order valence-electron chi connectivity index (χ4n) is 3.38. The molecule has 2 heterocycles. The van der Waals surface area contributed by atoms with Crippen LogP contribution in [0.3, 0.4) is 0 Å². The van der Waals surface area contributed by atoms with E-state index in [1.165, 1.54) is 0 Å². The van der Waals surface area contributed by atoms with Gasteiger partial charge in [0.15, 0.2) is 5.96 Å². The number of fused-ring (bicyclic) bond motifs is 1. The molecule has 1 atom stereocenters. The van der Waals surface area contributed by atoms with Crippen molar-refractivity contribution in [3.8, 4) is 0 Å². The lowest BCUT2D eigenvalue weighted by atomic mass is 9.90. The van der Waals surface area contributed by atoms with Gasteiger partial charge in [0.25, 0.3) is 0 Å². The maximum Gasteiger partial charge on any atom is 0.225 e. The minimum Gasteiger partial charge on any atom is -0.356 e. The third kappa shape index (κ3) is 6.72. The number of anilines is 1. The van der Waals surface area contributed by atoms with E-state index in [0.717, 1.165) is 22.8 Å². The van der Waals surface area contributed by atoms with Gasteiger partial charge in [-0.3, -0.25) is 9.79 Å². The second-order valence-electron chi connectivity index (χ2n) is 6.74. The molecule has 3 N–H and O–H groups in total. The number of benzene rings is 1. The molecule has 2 aliphatic heterocycles. The maximum absolute atomic E-state index is 12.4. The highest BCUT2D eigenvalue weighted by atomic mass is 127. The summed E-state index contributed by atoms with van der Waals surface area (Å²) in [4.78, 5) is 16.1. The molecule has 0 bridgehead atoms. The molecule has 0 saturated carbocycles. The monoisotopic (exact) mass is 553 g/mol. The molecule has 1 aromatic carbocycles. The first kappa shape index (κ1) is 24.2. The van der Waals surface area contributed by atoms with E-state index in [1.807, 2.05) is 24.3 Å². The summed E-state index contributed by atoms with van der Waals surface area (Å²) in [5.41, 5.74) is 1.94. The number of carbonyl (C=O) groups is 1. The summed E-state index contributed by atoms with van der Waals surface area (Å²) in [6, 6.07) is 7.77. The van der Waals surface area contributed by atoms with E-state index >= 15 is 0 Å². The van der Waals surface area contributed by atoms with Crippen molar-refractivity contribution in [3.05, 3.63) is 29.8 Å². The zero-order chi connectivity index (χ0) is 20.0. The van der Waals surface area contributed by atoms with Gasteiger partial charge < -0.3 is 16.0 Å². The SMILES string of the molecule is CN=C(NCCS(=O)(=O)N1CCSCC1)NCC1CC(=O)Nc2ccccc21.I. The van der Waals surface area contributed by atoms with Crippen LogP contribution in [-0.2, 0) is 14.8 Å². The summed E-state index contributed by atoms with van der Waals surface area (Å²) in [5, 5.41) is 9.17. The van der Waals surface area contributed by atoms with Gasteiger partial charge >= 0.3 is 0 Å². The molecule has 162 valence electrons. The van der Waals surface area contributed by atoms with Crippen LogP contribution in [-0.4, -0.2) is 75.1 Å². The van der Waals surface area contributed by atoms with E-state index in [4.69, 9.17) is 0 Å². The minimum absolute atomic E-state index is 0. The smallest absolute Gasteiger partial charge is 0.225 e. The molecule has 1 unspecified atom stereocenters. The fourth-order valence-corrected chi connectivity index (χ4v) is 5.87. The van der Waals surface area contributed by atoms with Crippen LogP contribution >= 0.6 is 35.7 Å². The van der Waals surface area contributed by atoms with Gasteiger partial charge in [-0.05, 0) is 11.6 Å². The number of thioether (sulfide) groups is 1. The van der Waals surface area contributed by atoms with Crippen molar-refractivity contribution < 1.29 is 13.2 Å². The zero-order valence-electron chi connectivity index (χ0n) is 16.4. The Hall–Kier alpha value is -1.05. The first-order chi connectivity index (χ1) is 13.5. The second-order valence-corrected chi connectivity index (χ2v) is 10.1. The first-order valence-electron chi connectivity index (χ1n) is 9.38. The Morgan fingerprint density at radius 3 is 2.72 bits per heavy atom. The number of aliphatic imine (C=N–C) groups is 1. The zero-order valence-corrected chi connectivity index (χ0v) is 20.4. The quantitative estimate of drug-likeness (QED) is 0.279. The van der Waals surface area contributed by atoms with E-state index < -0.39 is 10.0 Å². The van der Waals surface area contributed by atoms with Gasteiger partial charge in [0.1, 0.15) is 0 Å². The molecule has 11 heteroatoms. The molecule has 2 aliphatic rings. The molecule has 0 aromatic heterocycles. The van der Waals surface area contributed by atoms with Crippen LogP contribution < -0.4 is 16.0 Å². The molecular weight excluding hydrogens is 525 g/mol. The molecule has 8 nitrogen and oxygen atoms in total. The summed E-state index contributed by atoms with van der Waals surface area (Å²) in [7, 11) is -1.60. The van der Waals surface area contributed by atoms with E-state index in [1.54, 1.807) is 23.1 Å². The van der Waals surface area contributed by atoms with Gasteiger partial charge in [-0.25, -0.2) is 12.7 Å². The predicted octanol–water partition coefficient (Wildman–Crippen LogP) is 1.27. The second kappa shape index (κ2) is 11.4.